The lowest BCUT2D eigenvalue weighted by Crippen LogP contribution is -2.38. The maximum Gasteiger partial charge on any atom is 0.160 e. The number of piperidine rings is 1. The predicted molar refractivity (Wildman–Crippen MR) is 90.6 cm³/mol. The van der Waals surface area contributed by atoms with Gasteiger partial charge in [-0.15, -0.1) is 0 Å². The van der Waals surface area contributed by atoms with E-state index < -0.39 is 0 Å². The molecule has 5 heteroatoms. The number of fused-ring (bicyclic) bond motifs is 1. The maximum atomic E-state index is 5.55. The van der Waals surface area contributed by atoms with Crippen molar-refractivity contribution in [3.05, 3.63) is 24.2 Å². The summed E-state index contributed by atoms with van der Waals surface area (Å²) in [6.45, 7) is 2.90. The molecule has 2 saturated heterocycles. The lowest BCUT2D eigenvalue weighted by Gasteiger charge is -2.33. The number of hydrogen-bond acceptors (Lipinski definition) is 4. The Kier molecular flexibility index (Phi) is 4.31. The summed E-state index contributed by atoms with van der Waals surface area (Å²) in [5.74, 6) is 1.21. The van der Waals surface area contributed by atoms with Crippen LogP contribution in [-0.4, -0.2) is 52.3 Å². The molecule has 23 heavy (non-hydrogen) atoms. The summed E-state index contributed by atoms with van der Waals surface area (Å²) in [4.78, 5) is 12.1. The summed E-state index contributed by atoms with van der Waals surface area (Å²) < 4.78 is 7.97. The van der Waals surface area contributed by atoms with E-state index in [2.05, 4.69) is 27.6 Å². The highest BCUT2D eigenvalue weighted by atomic mass is 16.5. The Morgan fingerprint density at radius 1 is 1.22 bits per heavy atom. The summed E-state index contributed by atoms with van der Waals surface area (Å²) >= 11 is 0. The molecule has 4 rings (SSSR count). The van der Waals surface area contributed by atoms with Crippen LogP contribution in [0, 0.1) is 0 Å². The van der Waals surface area contributed by atoms with Gasteiger partial charge in [0.15, 0.2) is 5.65 Å². The molecule has 4 heterocycles. The Balaban J connectivity index is 1.69. The minimum Gasteiger partial charge on any atom is -0.381 e. The number of imidazole rings is 1. The van der Waals surface area contributed by atoms with Crippen molar-refractivity contribution in [3.63, 3.8) is 0 Å². The Morgan fingerprint density at radius 3 is 2.91 bits per heavy atom. The number of pyridine rings is 1. The SMILES string of the molecule is CN1CCCCC1Cc1nc2cccnc2n1C1CCOCC1. The highest BCUT2D eigenvalue weighted by Crippen LogP contribution is 2.29. The van der Waals surface area contributed by atoms with Gasteiger partial charge in [-0.2, -0.15) is 0 Å². The molecule has 2 aromatic heterocycles. The van der Waals surface area contributed by atoms with Crippen LogP contribution in [0.3, 0.4) is 0 Å². The second-order valence-corrected chi connectivity index (χ2v) is 6.92. The molecule has 124 valence electrons. The van der Waals surface area contributed by atoms with Crippen LogP contribution in [-0.2, 0) is 11.2 Å². The van der Waals surface area contributed by atoms with Crippen molar-refractivity contribution in [2.45, 2.75) is 50.6 Å². The molecule has 0 N–H and O–H groups in total. The maximum absolute atomic E-state index is 5.55. The number of hydrogen-bond donors (Lipinski definition) is 0. The number of ether oxygens (including phenoxy) is 1. The monoisotopic (exact) mass is 314 g/mol. The fourth-order valence-corrected chi connectivity index (χ4v) is 4.06. The highest BCUT2D eigenvalue weighted by molar-refractivity contribution is 5.71. The van der Waals surface area contributed by atoms with E-state index in [1.54, 1.807) is 0 Å². The minimum absolute atomic E-state index is 0.479. The molecule has 5 nitrogen and oxygen atoms in total. The van der Waals surface area contributed by atoms with Crippen molar-refractivity contribution in [3.8, 4) is 0 Å². The number of nitrogens with zero attached hydrogens (tertiary/aromatic N) is 4. The average Bonchev–Trinajstić information content (AvgIpc) is 2.95. The van der Waals surface area contributed by atoms with E-state index in [0.717, 1.165) is 43.6 Å². The van der Waals surface area contributed by atoms with Crippen LogP contribution in [0.4, 0.5) is 0 Å². The van der Waals surface area contributed by atoms with Crippen molar-refractivity contribution in [1.29, 1.82) is 0 Å². The molecule has 0 amide bonds. The fraction of sp³-hybridized carbons (Fsp3) is 0.667. The third kappa shape index (κ3) is 3.00. The molecule has 0 saturated carbocycles. The molecule has 0 radical (unpaired) electrons. The van der Waals surface area contributed by atoms with Crippen LogP contribution in [0.2, 0.25) is 0 Å². The first-order valence-electron chi connectivity index (χ1n) is 8.93. The first-order valence-corrected chi connectivity index (χ1v) is 8.93. The Morgan fingerprint density at radius 2 is 2.09 bits per heavy atom. The van der Waals surface area contributed by atoms with Crippen molar-refractivity contribution in [2.24, 2.45) is 0 Å². The third-order valence-electron chi connectivity index (χ3n) is 5.42. The molecule has 1 atom stereocenters. The van der Waals surface area contributed by atoms with Gasteiger partial charge in [-0.3, -0.25) is 0 Å². The van der Waals surface area contributed by atoms with E-state index in [0.29, 0.717) is 12.1 Å². The van der Waals surface area contributed by atoms with Crippen LogP contribution in [0.15, 0.2) is 18.3 Å². The zero-order chi connectivity index (χ0) is 15.6. The van der Waals surface area contributed by atoms with E-state index in [9.17, 15) is 0 Å². The molecule has 2 fully saturated rings. The topological polar surface area (TPSA) is 43.2 Å². The largest absolute Gasteiger partial charge is 0.381 e. The van der Waals surface area contributed by atoms with Gasteiger partial charge in [0.2, 0.25) is 0 Å². The van der Waals surface area contributed by atoms with E-state index in [1.807, 2.05) is 12.3 Å². The van der Waals surface area contributed by atoms with Gasteiger partial charge in [-0.1, -0.05) is 6.42 Å². The lowest BCUT2D eigenvalue weighted by molar-refractivity contribution is 0.0692. The molecule has 0 bridgehead atoms. The number of likely N-dealkylation sites (N-methyl/N-ethyl adjacent to an activating group) is 1. The Hall–Kier alpha value is -1.46. The standard InChI is InChI=1S/C18H26N4O/c1-21-10-3-2-5-15(21)13-17-20-16-6-4-9-19-18(16)22(17)14-7-11-23-12-8-14/h4,6,9,14-15H,2-3,5,7-8,10-13H2,1H3. The van der Waals surface area contributed by atoms with Gasteiger partial charge in [0.25, 0.3) is 0 Å². The van der Waals surface area contributed by atoms with Crippen LogP contribution < -0.4 is 0 Å². The van der Waals surface area contributed by atoms with Gasteiger partial charge in [-0.05, 0) is 51.4 Å². The fourth-order valence-electron chi connectivity index (χ4n) is 4.06. The lowest BCUT2D eigenvalue weighted by atomic mass is 9.99. The second-order valence-electron chi connectivity index (χ2n) is 6.92. The van der Waals surface area contributed by atoms with Crippen molar-refractivity contribution < 1.29 is 4.74 Å². The van der Waals surface area contributed by atoms with Gasteiger partial charge in [0.1, 0.15) is 11.3 Å². The number of rotatable bonds is 3. The normalized spacial score (nSPS) is 24.3. The van der Waals surface area contributed by atoms with Gasteiger partial charge >= 0.3 is 0 Å². The van der Waals surface area contributed by atoms with E-state index in [-0.39, 0.29) is 0 Å². The zero-order valence-corrected chi connectivity index (χ0v) is 13.9. The summed E-state index contributed by atoms with van der Waals surface area (Å²) in [7, 11) is 2.25. The Labute approximate surface area is 137 Å². The first-order chi connectivity index (χ1) is 11.3. The van der Waals surface area contributed by atoms with Crippen LogP contribution >= 0.6 is 0 Å². The van der Waals surface area contributed by atoms with Gasteiger partial charge in [-0.25, -0.2) is 9.97 Å². The van der Waals surface area contributed by atoms with Crippen LogP contribution in [0.1, 0.15) is 44.0 Å². The smallest absolute Gasteiger partial charge is 0.160 e. The quantitative estimate of drug-likeness (QED) is 0.874. The summed E-state index contributed by atoms with van der Waals surface area (Å²) in [5.41, 5.74) is 2.08. The summed E-state index contributed by atoms with van der Waals surface area (Å²) in [6.07, 6.45) is 8.99. The molecular formula is C18H26N4O. The first kappa shape index (κ1) is 15.1. The predicted octanol–water partition coefficient (Wildman–Crippen LogP) is 2.81. The van der Waals surface area contributed by atoms with Gasteiger partial charge < -0.3 is 14.2 Å². The molecule has 2 aliphatic heterocycles. The van der Waals surface area contributed by atoms with Crippen molar-refractivity contribution in [2.75, 3.05) is 26.8 Å². The van der Waals surface area contributed by atoms with E-state index >= 15 is 0 Å². The molecular weight excluding hydrogens is 288 g/mol. The van der Waals surface area contributed by atoms with Crippen LogP contribution in [0.25, 0.3) is 11.2 Å². The molecule has 0 aromatic carbocycles. The van der Waals surface area contributed by atoms with Crippen molar-refractivity contribution in [1.82, 2.24) is 19.4 Å². The summed E-state index contributed by atoms with van der Waals surface area (Å²) in [6, 6.07) is 5.17. The van der Waals surface area contributed by atoms with E-state index in [4.69, 9.17) is 9.72 Å². The molecule has 2 aliphatic rings. The Bertz CT molecular complexity index is 662. The van der Waals surface area contributed by atoms with Gasteiger partial charge in [0.05, 0.1) is 0 Å². The number of aromatic nitrogens is 3. The highest BCUT2D eigenvalue weighted by Gasteiger charge is 2.26. The second kappa shape index (κ2) is 6.57. The number of likely N-dealkylation sites (tertiary alicyclic amines) is 1. The third-order valence-corrected chi connectivity index (χ3v) is 5.42. The summed E-state index contributed by atoms with van der Waals surface area (Å²) in [5, 5.41) is 0. The zero-order valence-electron chi connectivity index (χ0n) is 13.9. The molecule has 2 aromatic rings. The molecule has 1 unspecified atom stereocenters. The van der Waals surface area contributed by atoms with Crippen LogP contribution in [0.5, 0.6) is 0 Å². The molecule has 0 aliphatic carbocycles. The average molecular weight is 314 g/mol. The molecule has 0 spiro atoms. The van der Waals surface area contributed by atoms with E-state index in [1.165, 1.54) is 31.6 Å². The van der Waals surface area contributed by atoms with Gasteiger partial charge in [0, 0.05) is 37.9 Å². The minimum atomic E-state index is 0.479. The van der Waals surface area contributed by atoms with Crippen molar-refractivity contribution >= 4 is 11.2 Å².